The first kappa shape index (κ1) is 19.5. The van der Waals surface area contributed by atoms with Crippen LogP contribution < -0.4 is 5.56 Å². The molecule has 0 aliphatic rings. The van der Waals surface area contributed by atoms with Crippen LogP contribution in [0.5, 0.6) is 5.88 Å². The summed E-state index contributed by atoms with van der Waals surface area (Å²) in [7, 11) is 0. The van der Waals surface area contributed by atoms with Gasteiger partial charge >= 0.3 is 5.91 Å². The summed E-state index contributed by atoms with van der Waals surface area (Å²) in [5, 5.41) is 23.7. The Morgan fingerprint density at radius 2 is 1.77 bits per heavy atom. The normalized spacial score (nSPS) is 11.6. The molecule has 2 aromatic heterocycles. The van der Waals surface area contributed by atoms with Gasteiger partial charge in [0.1, 0.15) is 0 Å². The van der Waals surface area contributed by atoms with Gasteiger partial charge < -0.3 is 10.1 Å². The number of aromatic nitrogens is 3. The summed E-state index contributed by atoms with van der Waals surface area (Å²) in [6, 6.07) is 14.0. The summed E-state index contributed by atoms with van der Waals surface area (Å²) in [6.45, 7) is 2.50. The molecule has 0 unspecified atom stereocenters. The van der Waals surface area contributed by atoms with Crippen LogP contribution in [0.2, 0.25) is 0 Å². The van der Waals surface area contributed by atoms with Gasteiger partial charge in [0.05, 0.1) is 10.9 Å². The maximum atomic E-state index is 12.9. The lowest BCUT2D eigenvalue weighted by Gasteiger charge is -2.08. The Morgan fingerprint density at radius 1 is 1.07 bits per heavy atom. The number of para-hydroxylation sites is 1. The number of aromatic hydroxyl groups is 1. The van der Waals surface area contributed by atoms with Gasteiger partial charge in [-0.2, -0.15) is 5.10 Å². The van der Waals surface area contributed by atoms with E-state index in [2.05, 4.69) is 27.2 Å². The zero-order valence-corrected chi connectivity index (χ0v) is 16.5. The molecular weight excluding hydrogens is 382 g/mol. The molecule has 0 aliphatic carbocycles. The molecule has 0 spiro atoms. The van der Waals surface area contributed by atoms with Gasteiger partial charge in [0.25, 0.3) is 5.56 Å². The molecule has 4 rings (SSSR count). The van der Waals surface area contributed by atoms with Crippen LogP contribution in [0.25, 0.3) is 21.7 Å². The fourth-order valence-electron chi connectivity index (χ4n) is 3.41. The molecule has 152 valence electrons. The Labute approximate surface area is 171 Å². The van der Waals surface area contributed by atoms with Gasteiger partial charge in [-0.05, 0) is 18.6 Å². The molecule has 30 heavy (non-hydrogen) atoms. The van der Waals surface area contributed by atoms with Crippen molar-refractivity contribution in [2.45, 2.75) is 32.7 Å². The number of carbonyl (C=O) groups is 1. The molecule has 0 radical (unpaired) electrons. The number of hydrogen-bond donors (Lipinski definition) is 2. The predicted octanol–water partition coefficient (Wildman–Crippen LogP) is 4.70. The number of carbonyl (C=O) groups excluding carboxylic acids is 1. The molecule has 0 saturated heterocycles. The second kappa shape index (κ2) is 8.28. The van der Waals surface area contributed by atoms with Crippen LogP contribution in [0.3, 0.4) is 0 Å². The predicted molar refractivity (Wildman–Crippen MR) is 114 cm³/mol. The van der Waals surface area contributed by atoms with Gasteiger partial charge in [-0.1, -0.05) is 56.2 Å². The highest BCUT2D eigenvalue weighted by Gasteiger charge is 2.17. The van der Waals surface area contributed by atoms with Gasteiger partial charge in [-0.15, -0.1) is 10.2 Å². The molecular formula is C22H21N5O3. The molecule has 2 heterocycles. The van der Waals surface area contributed by atoms with E-state index in [4.69, 9.17) is 0 Å². The summed E-state index contributed by atoms with van der Waals surface area (Å²) in [4.78, 5) is 28.4. The SMILES string of the molecule is CCCCCn1nc(C(=O)N=Nc2c(O)[nH]c3ccccc23)c2ccccc2c1=O. The monoisotopic (exact) mass is 403 g/mol. The number of amides is 1. The molecule has 2 N–H and O–H groups in total. The Kier molecular flexibility index (Phi) is 5.38. The van der Waals surface area contributed by atoms with Crippen molar-refractivity contribution in [3.63, 3.8) is 0 Å². The van der Waals surface area contributed by atoms with Gasteiger partial charge in [0, 0.05) is 17.3 Å². The zero-order valence-electron chi connectivity index (χ0n) is 16.5. The maximum absolute atomic E-state index is 12.9. The number of rotatable bonds is 6. The third-order valence-corrected chi connectivity index (χ3v) is 4.94. The lowest BCUT2D eigenvalue weighted by Crippen LogP contribution is -2.25. The summed E-state index contributed by atoms with van der Waals surface area (Å²) in [5.74, 6) is -0.852. The number of H-pyrrole nitrogens is 1. The number of aromatic amines is 1. The Morgan fingerprint density at radius 3 is 2.53 bits per heavy atom. The van der Waals surface area contributed by atoms with Crippen molar-refractivity contribution in [2.75, 3.05) is 0 Å². The molecule has 2 aromatic carbocycles. The Balaban J connectivity index is 1.75. The van der Waals surface area contributed by atoms with Crippen LogP contribution in [0.15, 0.2) is 63.6 Å². The standard InChI is InChI=1S/C22H21N5O3/c1-2-3-8-13-27-22(30)15-10-5-4-9-14(15)19(26-27)21(29)25-24-18-16-11-6-7-12-17(16)23-20(18)28/h4-7,9-12,23,28H,2-3,8,13H2,1H3. The van der Waals surface area contributed by atoms with Crippen molar-refractivity contribution in [2.24, 2.45) is 10.2 Å². The van der Waals surface area contributed by atoms with Crippen LogP contribution in [0.4, 0.5) is 5.69 Å². The molecule has 4 aromatic rings. The van der Waals surface area contributed by atoms with Gasteiger partial charge in [0.15, 0.2) is 11.4 Å². The Hall–Kier alpha value is -3.81. The number of nitrogens with zero attached hydrogens (tertiary/aromatic N) is 4. The first-order valence-corrected chi connectivity index (χ1v) is 9.85. The minimum atomic E-state index is -0.680. The van der Waals surface area contributed by atoms with Gasteiger partial charge in [-0.25, -0.2) is 4.68 Å². The highest BCUT2D eigenvalue weighted by Crippen LogP contribution is 2.35. The molecule has 0 bridgehead atoms. The third kappa shape index (κ3) is 3.59. The fourth-order valence-corrected chi connectivity index (χ4v) is 3.41. The van der Waals surface area contributed by atoms with E-state index in [1.54, 1.807) is 42.5 Å². The first-order valence-electron chi connectivity index (χ1n) is 9.85. The van der Waals surface area contributed by atoms with E-state index in [9.17, 15) is 14.7 Å². The molecule has 0 aliphatic heterocycles. The molecule has 8 nitrogen and oxygen atoms in total. The second-order valence-corrected chi connectivity index (χ2v) is 7.00. The van der Waals surface area contributed by atoms with Crippen LogP contribution in [-0.2, 0) is 6.54 Å². The number of hydrogen-bond acceptors (Lipinski definition) is 5. The van der Waals surface area contributed by atoms with E-state index >= 15 is 0 Å². The van der Waals surface area contributed by atoms with E-state index in [1.165, 1.54) is 4.68 Å². The lowest BCUT2D eigenvalue weighted by atomic mass is 10.1. The van der Waals surface area contributed by atoms with E-state index in [-0.39, 0.29) is 22.8 Å². The van der Waals surface area contributed by atoms with Crippen LogP contribution >= 0.6 is 0 Å². The van der Waals surface area contributed by atoms with Crippen molar-refractivity contribution in [1.82, 2.24) is 14.8 Å². The van der Waals surface area contributed by atoms with E-state index in [0.29, 0.717) is 28.2 Å². The van der Waals surface area contributed by atoms with Gasteiger partial charge in [0.2, 0.25) is 5.88 Å². The number of nitrogens with one attached hydrogen (secondary N) is 1. The molecule has 0 fully saturated rings. The number of azo groups is 1. The minimum absolute atomic E-state index is 0.0600. The summed E-state index contributed by atoms with van der Waals surface area (Å²) in [5.41, 5.74) is 0.693. The minimum Gasteiger partial charge on any atom is -0.493 e. The summed E-state index contributed by atoms with van der Waals surface area (Å²) >= 11 is 0. The van der Waals surface area contributed by atoms with E-state index in [0.717, 1.165) is 19.3 Å². The van der Waals surface area contributed by atoms with E-state index < -0.39 is 5.91 Å². The second-order valence-electron chi connectivity index (χ2n) is 7.00. The average Bonchev–Trinajstić information content (AvgIpc) is 3.08. The van der Waals surface area contributed by atoms with E-state index in [1.807, 2.05) is 6.07 Å². The van der Waals surface area contributed by atoms with Gasteiger partial charge in [-0.3, -0.25) is 9.59 Å². The fraction of sp³-hybridized carbons (Fsp3) is 0.227. The lowest BCUT2D eigenvalue weighted by molar-refractivity contribution is 0.0989. The molecule has 0 saturated carbocycles. The number of benzene rings is 2. The highest BCUT2D eigenvalue weighted by atomic mass is 16.3. The van der Waals surface area contributed by atoms with Crippen molar-refractivity contribution < 1.29 is 9.90 Å². The number of unbranched alkanes of at least 4 members (excludes halogenated alkanes) is 2. The van der Waals surface area contributed by atoms with Crippen molar-refractivity contribution in [1.29, 1.82) is 0 Å². The first-order chi connectivity index (χ1) is 14.6. The van der Waals surface area contributed by atoms with Crippen molar-refractivity contribution >= 4 is 33.3 Å². The molecule has 8 heteroatoms. The van der Waals surface area contributed by atoms with Crippen LogP contribution in [0.1, 0.15) is 36.7 Å². The smallest absolute Gasteiger partial charge is 0.316 e. The zero-order chi connectivity index (χ0) is 21.1. The largest absolute Gasteiger partial charge is 0.493 e. The summed E-state index contributed by atoms with van der Waals surface area (Å²) < 4.78 is 1.32. The van der Waals surface area contributed by atoms with Crippen molar-refractivity contribution in [3.05, 3.63) is 64.6 Å². The Bertz CT molecular complexity index is 1320. The highest BCUT2D eigenvalue weighted by molar-refractivity contribution is 6.05. The summed E-state index contributed by atoms with van der Waals surface area (Å²) in [6.07, 6.45) is 2.76. The maximum Gasteiger partial charge on any atom is 0.316 e. The van der Waals surface area contributed by atoms with Crippen LogP contribution in [-0.4, -0.2) is 25.8 Å². The number of fused-ring (bicyclic) bond motifs is 2. The molecule has 1 amide bonds. The topological polar surface area (TPSA) is 113 Å². The third-order valence-electron chi connectivity index (χ3n) is 4.94. The number of aryl methyl sites for hydroxylation is 1. The average molecular weight is 403 g/mol. The van der Waals surface area contributed by atoms with Crippen LogP contribution in [0, 0.1) is 0 Å². The molecule has 0 atom stereocenters. The van der Waals surface area contributed by atoms with Crippen molar-refractivity contribution in [3.8, 4) is 5.88 Å². The quantitative estimate of drug-likeness (QED) is 0.359.